The molecule has 258 valence electrons. The van der Waals surface area contributed by atoms with Crippen molar-refractivity contribution in [2.75, 3.05) is 48.9 Å². The van der Waals surface area contributed by atoms with Crippen LogP contribution in [0.5, 0.6) is 11.9 Å². The molecule has 1 aromatic carbocycles. The van der Waals surface area contributed by atoms with Crippen LogP contribution in [0, 0.1) is 5.82 Å². The van der Waals surface area contributed by atoms with Gasteiger partial charge >= 0.3 is 12.2 Å². The third kappa shape index (κ3) is 4.87. The summed E-state index contributed by atoms with van der Waals surface area (Å²) in [6.45, 7) is 1.02. The molecule has 4 fully saturated rings. The number of nitrogen functional groups attached to an aromatic ring is 1. The lowest BCUT2D eigenvalue weighted by Crippen LogP contribution is -2.67. The van der Waals surface area contributed by atoms with Gasteiger partial charge in [-0.3, -0.25) is 4.90 Å². The Kier molecular flexibility index (Phi) is 6.92. The van der Waals surface area contributed by atoms with Crippen LogP contribution in [0.1, 0.15) is 50.5 Å². The summed E-state index contributed by atoms with van der Waals surface area (Å²) in [6.07, 6.45) is -1.78. The van der Waals surface area contributed by atoms with Crippen molar-refractivity contribution in [1.29, 1.82) is 0 Å². The number of rotatable bonds is 4. The number of nitrogens with two attached hydrogens (primary N) is 1. The van der Waals surface area contributed by atoms with E-state index in [0.29, 0.717) is 25.8 Å². The van der Waals surface area contributed by atoms with Crippen molar-refractivity contribution in [3.8, 4) is 23.1 Å². The number of fused-ring (bicyclic) bond motifs is 1. The number of sulfone groups is 1. The summed E-state index contributed by atoms with van der Waals surface area (Å²) in [5.74, 6) is -2.04. The van der Waals surface area contributed by atoms with E-state index in [1.54, 1.807) is 7.05 Å². The van der Waals surface area contributed by atoms with Crippen LogP contribution in [0.4, 0.5) is 33.5 Å². The van der Waals surface area contributed by atoms with E-state index in [-0.39, 0.29) is 66.3 Å². The fourth-order valence-corrected chi connectivity index (χ4v) is 10.8. The number of hydrogen-bond donors (Lipinski definition) is 1. The maximum atomic E-state index is 16.9. The number of ether oxygens (including phenoxy) is 2. The summed E-state index contributed by atoms with van der Waals surface area (Å²) in [4.78, 5) is 17.2. The van der Waals surface area contributed by atoms with E-state index in [9.17, 15) is 26.0 Å². The third-order valence-electron chi connectivity index (χ3n) is 10.8. The van der Waals surface area contributed by atoms with E-state index in [1.807, 2.05) is 9.80 Å². The first-order valence-electron chi connectivity index (χ1n) is 15.8. The molecule has 5 aliphatic rings. The molecule has 4 aliphatic heterocycles. The van der Waals surface area contributed by atoms with Crippen molar-refractivity contribution < 1.29 is 39.8 Å². The normalized spacial score (nSPS) is 26.9. The molecule has 0 bridgehead atoms. The summed E-state index contributed by atoms with van der Waals surface area (Å²) < 4.78 is 112. The fraction of sp³-hybridized carbons (Fsp3) is 0.581. The van der Waals surface area contributed by atoms with Crippen molar-refractivity contribution in [2.24, 2.45) is 0 Å². The van der Waals surface area contributed by atoms with Crippen LogP contribution in [0.15, 0.2) is 12.1 Å². The van der Waals surface area contributed by atoms with Crippen LogP contribution in [0.2, 0.25) is 5.02 Å². The molecule has 0 radical (unpaired) electrons. The Hall–Kier alpha value is -3.24. The number of pyridine rings is 1. The molecular formula is C31H32ClF5N6O4S. The Morgan fingerprint density at radius 3 is 2.56 bits per heavy atom. The highest BCUT2D eigenvalue weighted by molar-refractivity contribution is 7.93. The Labute approximate surface area is 277 Å². The second-order valence-corrected chi connectivity index (χ2v) is 16.5. The minimum Gasteiger partial charge on any atom is -0.468 e. The highest BCUT2D eigenvalue weighted by Crippen LogP contribution is 2.53. The summed E-state index contributed by atoms with van der Waals surface area (Å²) >= 11 is 6.03. The van der Waals surface area contributed by atoms with E-state index in [1.165, 1.54) is 0 Å². The summed E-state index contributed by atoms with van der Waals surface area (Å²) in [5, 5.41) is -0.791. The van der Waals surface area contributed by atoms with E-state index < -0.39 is 72.0 Å². The predicted molar refractivity (Wildman–Crippen MR) is 167 cm³/mol. The predicted octanol–water partition coefficient (Wildman–Crippen LogP) is 5.35. The largest absolute Gasteiger partial charge is 0.468 e. The molecular weight excluding hydrogens is 683 g/mol. The van der Waals surface area contributed by atoms with Crippen molar-refractivity contribution in [3.05, 3.63) is 28.5 Å². The van der Waals surface area contributed by atoms with Crippen LogP contribution in [-0.4, -0.2) is 89.4 Å². The maximum Gasteiger partial charge on any atom is 0.418 e. The Morgan fingerprint density at radius 1 is 1.15 bits per heavy atom. The zero-order valence-corrected chi connectivity index (χ0v) is 27.4. The SMILES string of the molecule is CN1c2nc(OC[C@@]34CCCN3C[C@H](F)C4)nc3c(F)c(-c4cc(N)cc(Cl)c4C(F)(F)F)nc(c23)OC2(CC13CCC3)CS(=O)(=O)C2. The molecule has 2 spiro atoms. The summed E-state index contributed by atoms with van der Waals surface area (Å²) in [5.41, 5.74) is -0.0356. The van der Waals surface area contributed by atoms with E-state index >= 15 is 4.39 Å². The number of anilines is 2. The summed E-state index contributed by atoms with van der Waals surface area (Å²) in [6, 6.07) is 1.58. The molecule has 10 nitrogen and oxygen atoms in total. The van der Waals surface area contributed by atoms with Crippen LogP contribution >= 0.6 is 11.6 Å². The van der Waals surface area contributed by atoms with Crippen molar-refractivity contribution in [2.45, 2.75) is 74.0 Å². The van der Waals surface area contributed by atoms with Gasteiger partial charge in [-0.05, 0) is 50.8 Å². The molecule has 1 aliphatic carbocycles. The van der Waals surface area contributed by atoms with Gasteiger partial charge in [0.15, 0.2) is 15.7 Å². The van der Waals surface area contributed by atoms with E-state index in [2.05, 4.69) is 15.0 Å². The first-order chi connectivity index (χ1) is 22.5. The van der Waals surface area contributed by atoms with Crippen molar-refractivity contribution in [1.82, 2.24) is 19.9 Å². The highest BCUT2D eigenvalue weighted by atomic mass is 35.5. The molecule has 1 saturated carbocycles. The van der Waals surface area contributed by atoms with E-state index in [0.717, 1.165) is 25.0 Å². The number of halogens is 6. The lowest BCUT2D eigenvalue weighted by Gasteiger charge is -2.56. The number of hydrogen-bond acceptors (Lipinski definition) is 10. The standard InChI is InChI=1S/C31H32ClF5N6O4S/c1-42-25-20-24(40-27(41-25)46-13-29-6-3-7-43(29)11-16(33)10-29)22(34)23(18-8-17(38)9-19(32)21(18)31(35,36)37)39-26(20)47-30(14-48(44,45)15-30)12-28(42)4-2-5-28/h8-9,16H,2-7,10-15,38H2,1H3/t16-,29+/m1/s1. The smallest absolute Gasteiger partial charge is 0.418 e. The van der Waals surface area contributed by atoms with Crippen LogP contribution in [0.25, 0.3) is 22.2 Å². The summed E-state index contributed by atoms with van der Waals surface area (Å²) in [7, 11) is -1.71. The van der Waals surface area contributed by atoms with Gasteiger partial charge in [0.2, 0.25) is 5.88 Å². The zero-order valence-electron chi connectivity index (χ0n) is 25.8. The Balaban J connectivity index is 1.35. The molecule has 0 amide bonds. The average molecular weight is 715 g/mol. The van der Waals surface area contributed by atoms with Gasteiger partial charge in [-0.1, -0.05) is 11.6 Å². The molecule has 48 heavy (non-hydrogen) atoms. The molecule has 2 atom stereocenters. The Morgan fingerprint density at radius 2 is 1.90 bits per heavy atom. The van der Waals surface area contributed by atoms with Gasteiger partial charge in [-0.2, -0.15) is 23.1 Å². The van der Waals surface area contributed by atoms with Crippen LogP contribution < -0.4 is 20.1 Å². The molecule has 2 N–H and O–H groups in total. The lowest BCUT2D eigenvalue weighted by molar-refractivity contribution is -0.137. The number of benzene rings is 1. The van der Waals surface area contributed by atoms with Gasteiger partial charge < -0.3 is 20.1 Å². The average Bonchev–Trinajstić information content (AvgIpc) is 3.47. The molecule has 2 aromatic heterocycles. The number of nitrogens with zero attached hydrogens (tertiary/aromatic N) is 5. The Bertz CT molecular complexity index is 1970. The molecule has 3 aromatic rings. The first kappa shape index (κ1) is 32.0. The molecule has 8 rings (SSSR count). The molecule has 17 heteroatoms. The van der Waals surface area contributed by atoms with Crippen molar-refractivity contribution >= 4 is 43.8 Å². The van der Waals surface area contributed by atoms with Gasteiger partial charge in [0, 0.05) is 43.2 Å². The van der Waals surface area contributed by atoms with Gasteiger partial charge in [-0.15, -0.1) is 0 Å². The number of alkyl halides is 4. The minimum atomic E-state index is -5.02. The quantitative estimate of drug-likeness (QED) is 0.280. The van der Waals surface area contributed by atoms with Gasteiger partial charge in [-0.25, -0.2) is 22.2 Å². The molecule has 3 saturated heterocycles. The molecule has 6 heterocycles. The van der Waals surface area contributed by atoms with Crippen LogP contribution in [0.3, 0.4) is 0 Å². The molecule has 0 unspecified atom stereocenters. The monoisotopic (exact) mass is 714 g/mol. The van der Waals surface area contributed by atoms with Crippen molar-refractivity contribution in [3.63, 3.8) is 0 Å². The second-order valence-electron chi connectivity index (χ2n) is 14.1. The topological polar surface area (TPSA) is 124 Å². The van der Waals surface area contributed by atoms with Crippen LogP contribution in [-0.2, 0) is 16.0 Å². The number of aromatic nitrogens is 3. The highest BCUT2D eigenvalue weighted by Gasteiger charge is 2.59. The maximum absolute atomic E-state index is 16.9. The minimum absolute atomic E-state index is 0.0279. The lowest BCUT2D eigenvalue weighted by atomic mass is 9.69. The third-order valence-corrected chi connectivity index (χ3v) is 13.1. The fourth-order valence-electron chi connectivity index (χ4n) is 8.61. The van der Waals surface area contributed by atoms with Gasteiger partial charge in [0.05, 0.1) is 27.6 Å². The first-order valence-corrected chi connectivity index (χ1v) is 18.0. The van der Waals surface area contributed by atoms with E-state index in [4.69, 9.17) is 26.8 Å². The van der Waals surface area contributed by atoms with Gasteiger partial charge in [0.25, 0.3) is 0 Å². The zero-order chi connectivity index (χ0) is 34.0. The second kappa shape index (κ2) is 10.4. The van der Waals surface area contributed by atoms with Gasteiger partial charge in [0.1, 0.15) is 40.8 Å².